The van der Waals surface area contributed by atoms with Crippen molar-refractivity contribution in [3.05, 3.63) is 106 Å². The predicted octanol–water partition coefficient (Wildman–Crippen LogP) is 5.18. The molecule has 0 aliphatic heterocycles. The van der Waals surface area contributed by atoms with Gasteiger partial charge in [0.15, 0.2) is 5.82 Å². The van der Waals surface area contributed by atoms with Crippen LogP contribution in [0.25, 0.3) is 11.3 Å². The van der Waals surface area contributed by atoms with E-state index < -0.39 is 0 Å². The molecule has 0 aliphatic rings. The molecule has 0 atom stereocenters. The largest absolute Gasteiger partial charge is 0.395 e. The van der Waals surface area contributed by atoms with E-state index in [1.807, 2.05) is 73.7 Å². The van der Waals surface area contributed by atoms with Gasteiger partial charge in [-0.2, -0.15) is 0 Å². The van der Waals surface area contributed by atoms with Crippen LogP contribution in [0.5, 0.6) is 0 Å². The van der Waals surface area contributed by atoms with Crippen molar-refractivity contribution in [2.24, 2.45) is 7.05 Å². The summed E-state index contributed by atoms with van der Waals surface area (Å²) in [5.41, 5.74) is 6.28. The third kappa shape index (κ3) is 7.02. The Labute approximate surface area is 235 Å². The van der Waals surface area contributed by atoms with E-state index >= 15 is 0 Å². The van der Waals surface area contributed by atoms with E-state index in [1.165, 1.54) is 4.57 Å². The van der Waals surface area contributed by atoms with Crippen LogP contribution in [0, 0.1) is 6.92 Å². The van der Waals surface area contributed by atoms with Crippen LogP contribution < -0.4 is 21.5 Å². The summed E-state index contributed by atoms with van der Waals surface area (Å²) in [7, 11) is 1.70. The molecule has 0 bridgehead atoms. The number of aromatic nitrogens is 2. The van der Waals surface area contributed by atoms with Gasteiger partial charge >= 0.3 is 0 Å². The molecular formula is C32H37N5O3. The second kappa shape index (κ2) is 13.7. The number of carbonyl (C=O) groups excluding carboxylic acids is 1. The lowest BCUT2D eigenvalue weighted by molar-refractivity contribution is 0.102. The molecule has 0 fully saturated rings. The number of aryl methyl sites for hydroxylation is 2. The van der Waals surface area contributed by atoms with Crippen molar-refractivity contribution >= 4 is 23.1 Å². The maximum absolute atomic E-state index is 13.3. The topological polar surface area (TPSA) is 108 Å². The number of hydrogen-bond donors (Lipinski definition) is 4. The van der Waals surface area contributed by atoms with Gasteiger partial charge in [-0.1, -0.05) is 55.8 Å². The molecule has 4 rings (SSSR count). The van der Waals surface area contributed by atoms with Crippen molar-refractivity contribution in [1.82, 2.24) is 14.9 Å². The van der Waals surface area contributed by atoms with E-state index in [0.717, 1.165) is 47.2 Å². The molecule has 0 saturated heterocycles. The summed E-state index contributed by atoms with van der Waals surface area (Å²) < 4.78 is 1.51. The summed E-state index contributed by atoms with van der Waals surface area (Å²) in [5, 5.41) is 18.3. The summed E-state index contributed by atoms with van der Waals surface area (Å²) in [6, 6.07) is 21.1. The van der Waals surface area contributed by atoms with Crippen LogP contribution in [0.15, 0.2) is 77.7 Å². The van der Waals surface area contributed by atoms with Crippen molar-refractivity contribution in [1.29, 1.82) is 0 Å². The molecule has 0 unspecified atom stereocenters. The van der Waals surface area contributed by atoms with Crippen molar-refractivity contribution < 1.29 is 9.90 Å². The quantitative estimate of drug-likeness (QED) is 0.185. The minimum atomic E-state index is -0.247. The minimum absolute atomic E-state index is 0.0900. The fraction of sp³-hybridized carbons (Fsp3) is 0.281. The number of amides is 1. The number of nitrogens with zero attached hydrogens (tertiary/aromatic N) is 2. The van der Waals surface area contributed by atoms with E-state index in [1.54, 1.807) is 13.2 Å². The third-order valence-electron chi connectivity index (χ3n) is 6.83. The first-order chi connectivity index (χ1) is 19.4. The Morgan fingerprint density at radius 2 is 1.80 bits per heavy atom. The zero-order valence-electron chi connectivity index (χ0n) is 23.3. The number of unbranched alkanes of at least 4 members (excludes halogenated alkanes) is 1. The number of hydrogen-bond acceptors (Lipinski definition) is 6. The smallest absolute Gasteiger partial charge is 0.293 e. The average molecular weight is 540 g/mol. The van der Waals surface area contributed by atoms with Gasteiger partial charge in [0.25, 0.3) is 11.5 Å². The minimum Gasteiger partial charge on any atom is -0.395 e. The molecule has 8 heteroatoms. The second-order valence-corrected chi connectivity index (χ2v) is 9.81. The molecule has 208 valence electrons. The van der Waals surface area contributed by atoms with Gasteiger partial charge in [-0.3, -0.25) is 9.59 Å². The Morgan fingerprint density at radius 3 is 2.55 bits per heavy atom. The first kappa shape index (κ1) is 28.7. The maximum atomic E-state index is 13.3. The van der Waals surface area contributed by atoms with Crippen molar-refractivity contribution in [3.63, 3.8) is 0 Å². The standard InChI is InChI=1S/C32H37N5O3/c1-4-5-9-24-10-6-7-11-27(24)31(39)36-28-13-8-12-26(22(28)2)29-21-37(3)32(40)30(35-29)34-25-16-14-23(15-17-25)20-33-18-19-38/h6-8,10-17,21,33,38H,4-5,9,18-20H2,1-3H3,(H,34,35)(H,36,39). The van der Waals surface area contributed by atoms with Crippen LogP contribution in [-0.4, -0.2) is 33.7 Å². The predicted molar refractivity (Wildman–Crippen MR) is 161 cm³/mol. The number of aliphatic hydroxyl groups excluding tert-OH is 1. The normalized spacial score (nSPS) is 10.9. The molecule has 0 saturated carbocycles. The molecule has 40 heavy (non-hydrogen) atoms. The second-order valence-electron chi connectivity index (χ2n) is 9.81. The van der Waals surface area contributed by atoms with Crippen molar-refractivity contribution in [2.75, 3.05) is 23.8 Å². The average Bonchev–Trinajstić information content (AvgIpc) is 2.96. The molecule has 8 nitrogen and oxygen atoms in total. The monoisotopic (exact) mass is 539 g/mol. The summed E-state index contributed by atoms with van der Waals surface area (Å²) in [5.74, 6) is 0.0718. The van der Waals surface area contributed by atoms with Crippen molar-refractivity contribution in [3.8, 4) is 11.3 Å². The lowest BCUT2D eigenvalue weighted by atomic mass is 10.0. The number of aliphatic hydroxyl groups is 1. The van der Waals surface area contributed by atoms with E-state index in [4.69, 9.17) is 5.11 Å². The molecule has 3 aromatic carbocycles. The molecular weight excluding hydrogens is 502 g/mol. The van der Waals surface area contributed by atoms with E-state index in [9.17, 15) is 9.59 Å². The Bertz CT molecular complexity index is 1510. The Balaban J connectivity index is 1.57. The SMILES string of the molecule is CCCCc1ccccc1C(=O)Nc1cccc(-c2cn(C)c(=O)c(Nc3ccc(CNCCO)cc3)n2)c1C. The van der Waals surface area contributed by atoms with Gasteiger partial charge in [0, 0.05) is 48.8 Å². The van der Waals surface area contributed by atoms with Crippen LogP contribution in [0.1, 0.15) is 46.8 Å². The fourth-order valence-corrected chi connectivity index (χ4v) is 4.54. The number of rotatable bonds is 12. The van der Waals surface area contributed by atoms with Gasteiger partial charge in [0.05, 0.1) is 12.3 Å². The number of anilines is 3. The van der Waals surface area contributed by atoms with E-state index in [2.05, 4.69) is 27.9 Å². The number of carbonyl (C=O) groups is 1. The van der Waals surface area contributed by atoms with Gasteiger partial charge < -0.3 is 25.6 Å². The molecule has 1 heterocycles. The van der Waals surface area contributed by atoms with Gasteiger partial charge in [-0.05, 0) is 60.7 Å². The van der Waals surface area contributed by atoms with Gasteiger partial charge in [0.1, 0.15) is 0 Å². The zero-order chi connectivity index (χ0) is 28.5. The number of nitrogens with one attached hydrogen (secondary N) is 3. The summed E-state index contributed by atoms with van der Waals surface area (Å²) in [6.45, 7) is 5.35. The van der Waals surface area contributed by atoms with E-state index in [0.29, 0.717) is 30.0 Å². The zero-order valence-corrected chi connectivity index (χ0v) is 23.3. The van der Waals surface area contributed by atoms with Gasteiger partial charge in [-0.15, -0.1) is 0 Å². The van der Waals surface area contributed by atoms with Gasteiger partial charge in [-0.25, -0.2) is 4.98 Å². The summed E-state index contributed by atoms with van der Waals surface area (Å²) in [6.07, 6.45) is 4.66. The molecule has 0 radical (unpaired) electrons. The first-order valence-electron chi connectivity index (χ1n) is 13.7. The van der Waals surface area contributed by atoms with Crippen LogP contribution in [0.4, 0.5) is 17.2 Å². The van der Waals surface area contributed by atoms with Crippen LogP contribution in [-0.2, 0) is 20.0 Å². The Kier molecular flexibility index (Phi) is 9.83. The summed E-state index contributed by atoms with van der Waals surface area (Å²) in [4.78, 5) is 30.8. The number of benzene rings is 3. The van der Waals surface area contributed by atoms with Crippen LogP contribution >= 0.6 is 0 Å². The van der Waals surface area contributed by atoms with E-state index in [-0.39, 0.29) is 23.9 Å². The highest BCUT2D eigenvalue weighted by Crippen LogP contribution is 2.28. The van der Waals surface area contributed by atoms with Crippen LogP contribution in [0.3, 0.4) is 0 Å². The van der Waals surface area contributed by atoms with Gasteiger partial charge in [0.2, 0.25) is 0 Å². The molecule has 0 aliphatic carbocycles. The first-order valence-corrected chi connectivity index (χ1v) is 13.7. The summed E-state index contributed by atoms with van der Waals surface area (Å²) >= 11 is 0. The maximum Gasteiger partial charge on any atom is 0.293 e. The molecule has 1 amide bonds. The highest BCUT2D eigenvalue weighted by molar-refractivity contribution is 6.06. The highest BCUT2D eigenvalue weighted by Gasteiger charge is 2.16. The fourth-order valence-electron chi connectivity index (χ4n) is 4.54. The Hall–Kier alpha value is -4.27. The Morgan fingerprint density at radius 1 is 1.02 bits per heavy atom. The van der Waals surface area contributed by atoms with Crippen LogP contribution in [0.2, 0.25) is 0 Å². The van der Waals surface area contributed by atoms with Crippen molar-refractivity contribution in [2.45, 2.75) is 39.7 Å². The molecule has 4 N–H and O–H groups in total. The lowest BCUT2D eigenvalue weighted by Gasteiger charge is -2.15. The molecule has 1 aromatic heterocycles. The molecule has 4 aromatic rings. The highest BCUT2D eigenvalue weighted by atomic mass is 16.3. The third-order valence-corrected chi connectivity index (χ3v) is 6.83. The lowest BCUT2D eigenvalue weighted by Crippen LogP contribution is -2.21. The molecule has 0 spiro atoms.